The van der Waals surface area contributed by atoms with Crippen LogP contribution in [-0.2, 0) is 0 Å². The molecule has 0 atom stereocenters. The number of oxazole rings is 1. The molecule has 0 saturated carbocycles. The summed E-state index contributed by atoms with van der Waals surface area (Å²) in [7, 11) is 0. The largest absolute Gasteiger partial charge is 0.456 e. The molecule has 0 saturated heterocycles. The van der Waals surface area contributed by atoms with Gasteiger partial charge < -0.3 is 18.3 Å². The predicted molar refractivity (Wildman–Crippen MR) is 92.8 cm³/mol. The van der Waals surface area contributed by atoms with Crippen molar-refractivity contribution in [3.05, 3.63) is 54.6 Å². The van der Waals surface area contributed by atoms with Crippen LogP contribution < -0.4 is 9.47 Å². The SMILES string of the molecule is c1ccc2oc(-c3ccc4oc5cc6c(cc5c4c3)OCO6)nc2c1. The van der Waals surface area contributed by atoms with Gasteiger partial charge in [0.2, 0.25) is 12.7 Å². The third-order valence-electron chi connectivity index (χ3n) is 4.51. The predicted octanol–water partition coefficient (Wildman–Crippen LogP) is 5.12. The minimum atomic E-state index is 0.244. The van der Waals surface area contributed by atoms with Gasteiger partial charge in [0.15, 0.2) is 17.1 Å². The molecule has 5 nitrogen and oxygen atoms in total. The first-order valence-electron chi connectivity index (χ1n) is 7.97. The molecule has 25 heavy (non-hydrogen) atoms. The number of rotatable bonds is 1. The van der Waals surface area contributed by atoms with Crippen LogP contribution in [0.3, 0.4) is 0 Å². The fourth-order valence-corrected chi connectivity index (χ4v) is 3.29. The van der Waals surface area contributed by atoms with Crippen molar-refractivity contribution in [2.75, 3.05) is 6.79 Å². The minimum Gasteiger partial charge on any atom is -0.456 e. The maximum atomic E-state index is 5.94. The average Bonchev–Trinajstić information content (AvgIpc) is 3.34. The monoisotopic (exact) mass is 329 g/mol. The topological polar surface area (TPSA) is 57.6 Å². The van der Waals surface area contributed by atoms with E-state index in [-0.39, 0.29) is 6.79 Å². The highest BCUT2D eigenvalue weighted by Gasteiger charge is 2.18. The summed E-state index contributed by atoms with van der Waals surface area (Å²) in [6.45, 7) is 0.244. The smallest absolute Gasteiger partial charge is 0.231 e. The molecule has 0 bridgehead atoms. The first-order chi connectivity index (χ1) is 12.3. The zero-order valence-corrected chi connectivity index (χ0v) is 13.0. The molecule has 0 fully saturated rings. The number of furan rings is 1. The number of benzene rings is 3. The van der Waals surface area contributed by atoms with Crippen LogP contribution in [-0.4, -0.2) is 11.8 Å². The van der Waals surface area contributed by atoms with Gasteiger partial charge in [0.1, 0.15) is 16.7 Å². The Labute approximate surface area is 141 Å². The Balaban J connectivity index is 1.60. The molecule has 0 radical (unpaired) electrons. The molecule has 2 aromatic heterocycles. The molecule has 1 aliphatic heterocycles. The number of fused-ring (bicyclic) bond motifs is 5. The molecular formula is C20H11NO4. The lowest BCUT2D eigenvalue weighted by Crippen LogP contribution is -1.92. The van der Waals surface area contributed by atoms with Gasteiger partial charge in [0.05, 0.1) is 0 Å². The maximum absolute atomic E-state index is 5.94. The molecule has 1 aliphatic rings. The second kappa shape index (κ2) is 4.54. The maximum Gasteiger partial charge on any atom is 0.231 e. The Morgan fingerprint density at radius 2 is 1.56 bits per heavy atom. The van der Waals surface area contributed by atoms with Crippen LogP contribution in [0.5, 0.6) is 11.5 Å². The van der Waals surface area contributed by atoms with Crippen molar-refractivity contribution < 1.29 is 18.3 Å². The molecule has 5 heteroatoms. The van der Waals surface area contributed by atoms with Crippen molar-refractivity contribution in [2.45, 2.75) is 0 Å². The highest BCUT2D eigenvalue weighted by atomic mass is 16.7. The molecular weight excluding hydrogens is 318 g/mol. The van der Waals surface area contributed by atoms with Crippen LogP contribution in [0.4, 0.5) is 0 Å². The van der Waals surface area contributed by atoms with Crippen LogP contribution in [0.2, 0.25) is 0 Å². The fourth-order valence-electron chi connectivity index (χ4n) is 3.29. The van der Waals surface area contributed by atoms with Crippen LogP contribution in [0.25, 0.3) is 44.5 Å². The van der Waals surface area contributed by atoms with E-state index in [0.29, 0.717) is 11.6 Å². The molecule has 0 spiro atoms. The van der Waals surface area contributed by atoms with Crippen molar-refractivity contribution >= 4 is 33.0 Å². The zero-order valence-electron chi connectivity index (χ0n) is 13.0. The molecule has 120 valence electrons. The molecule has 3 aromatic carbocycles. The van der Waals surface area contributed by atoms with Gasteiger partial charge in [0.25, 0.3) is 0 Å². The van der Waals surface area contributed by atoms with E-state index >= 15 is 0 Å². The molecule has 0 amide bonds. The first kappa shape index (κ1) is 12.9. The summed E-state index contributed by atoms with van der Waals surface area (Å²) in [6.07, 6.45) is 0. The molecule has 0 N–H and O–H groups in total. The third kappa shape index (κ3) is 1.80. The lowest BCUT2D eigenvalue weighted by Gasteiger charge is -1.97. The minimum absolute atomic E-state index is 0.244. The van der Waals surface area contributed by atoms with Crippen molar-refractivity contribution in [1.29, 1.82) is 0 Å². The Morgan fingerprint density at radius 1 is 0.720 bits per heavy atom. The number of nitrogens with zero attached hydrogens (tertiary/aromatic N) is 1. The molecule has 5 aromatic rings. The van der Waals surface area contributed by atoms with E-state index in [2.05, 4.69) is 4.98 Å². The zero-order chi connectivity index (χ0) is 16.4. The van der Waals surface area contributed by atoms with Crippen LogP contribution >= 0.6 is 0 Å². The highest BCUT2D eigenvalue weighted by Crippen LogP contribution is 2.41. The van der Waals surface area contributed by atoms with Gasteiger partial charge in [-0.25, -0.2) is 4.98 Å². The van der Waals surface area contributed by atoms with Crippen molar-refractivity contribution in [2.24, 2.45) is 0 Å². The van der Waals surface area contributed by atoms with Crippen LogP contribution in [0.1, 0.15) is 0 Å². The van der Waals surface area contributed by atoms with Crippen LogP contribution in [0, 0.1) is 0 Å². The summed E-state index contributed by atoms with van der Waals surface area (Å²) in [5.41, 5.74) is 4.10. The van der Waals surface area contributed by atoms with Crippen molar-refractivity contribution in [3.63, 3.8) is 0 Å². The molecule has 3 heterocycles. The Hall–Kier alpha value is -3.47. The van der Waals surface area contributed by atoms with E-state index in [1.165, 1.54) is 0 Å². The molecule has 0 aliphatic carbocycles. The lowest BCUT2D eigenvalue weighted by atomic mass is 10.1. The summed E-state index contributed by atoms with van der Waals surface area (Å²) < 4.78 is 22.7. The standard InChI is InChI=1S/C20H11NO4/c1-2-4-16-14(3-1)21-20(25-16)11-5-6-15-12(7-11)13-8-18-19(23-10-22-18)9-17(13)24-15/h1-9H,10H2. The summed E-state index contributed by atoms with van der Waals surface area (Å²) >= 11 is 0. The molecule has 0 unspecified atom stereocenters. The number of hydrogen-bond donors (Lipinski definition) is 0. The summed E-state index contributed by atoms with van der Waals surface area (Å²) in [4.78, 5) is 4.57. The number of ether oxygens (including phenoxy) is 2. The van der Waals surface area contributed by atoms with E-state index < -0.39 is 0 Å². The third-order valence-corrected chi connectivity index (χ3v) is 4.51. The summed E-state index contributed by atoms with van der Waals surface area (Å²) in [5, 5.41) is 1.98. The highest BCUT2D eigenvalue weighted by molar-refractivity contribution is 6.07. The van der Waals surface area contributed by atoms with Gasteiger partial charge in [-0.2, -0.15) is 0 Å². The van der Waals surface area contributed by atoms with Gasteiger partial charge in [-0.15, -0.1) is 0 Å². The first-order valence-corrected chi connectivity index (χ1v) is 7.97. The summed E-state index contributed by atoms with van der Waals surface area (Å²) in [6, 6.07) is 17.5. The van der Waals surface area contributed by atoms with Crippen LogP contribution in [0.15, 0.2) is 63.4 Å². The summed E-state index contributed by atoms with van der Waals surface area (Å²) in [5.74, 6) is 2.05. The van der Waals surface area contributed by atoms with E-state index in [9.17, 15) is 0 Å². The normalized spacial score (nSPS) is 13.3. The van der Waals surface area contributed by atoms with Gasteiger partial charge in [-0.1, -0.05) is 12.1 Å². The van der Waals surface area contributed by atoms with Gasteiger partial charge >= 0.3 is 0 Å². The number of para-hydroxylation sites is 2. The second-order valence-corrected chi connectivity index (χ2v) is 6.00. The van der Waals surface area contributed by atoms with Gasteiger partial charge in [0, 0.05) is 22.4 Å². The second-order valence-electron chi connectivity index (χ2n) is 6.00. The van der Waals surface area contributed by atoms with Gasteiger partial charge in [-0.3, -0.25) is 0 Å². The Morgan fingerprint density at radius 3 is 2.48 bits per heavy atom. The van der Waals surface area contributed by atoms with Gasteiger partial charge in [-0.05, 0) is 36.4 Å². The van der Waals surface area contributed by atoms with Crippen molar-refractivity contribution in [3.8, 4) is 23.0 Å². The molecule has 6 rings (SSSR count). The Kier molecular flexibility index (Phi) is 2.34. The number of aromatic nitrogens is 1. The fraction of sp³-hybridized carbons (Fsp3) is 0.0500. The van der Waals surface area contributed by atoms with E-state index in [1.807, 2.05) is 54.6 Å². The van der Waals surface area contributed by atoms with Crippen molar-refractivity contribution in [1.82, 2.24) is 4.98 Å². The van der Waals surface area contributed by atoms with E-state index in [0.717, 1.165) is 44.4 Å². The number of hydrogen-bond acceptors (Lipinski definition) is 5. The quantitative estimate of drug-likeness (QED) is 0.427. The Bertz CT molecular complexity index is 1250. The van der Waals surface area contributed by atoms with E-state index in [1.54, 1.807) is 0 Å². The van der Waals surface area contributed by atoms with E-state index in [4.69, 9.17) is 18.3 Å². The average molecular weight is 329 g/mol. The lowest BCUT2D eigenvalue weighted by molar-refractivity contribution is 0.174.